The van der Waals surface area contributed by atoms with Gasteiger partial charge in [0, 0.05) is 10.9 Å². The Morgan fingerprint density at radius 2 is 2.18 bits per heavy atom. The molecule has 0 spiro atoms. The zero-order valence-corrected chi connectivity index (χ0v) is 9.94. The molecule has 0 radical (unpaired) electrons. The molecule has 17 heavy (non-hydrogen) atoms. The minimum atomic E-state index is -0.912. The number of nitrogens with two attached hydrogens (primary N) is 1. The standard InChI is InChI=1S/C12H11ClN2O2/c1-17-12(16)10(14)8-6-7-4-2-3-5-9(7)15-11(8)13/h2-6,10H,14H2,1H3/t10-/m0/s1. The molecule has 1 aromatic heterocycles. The van der Waals surface area contributed by atoms with Crippen LogP contribution < -0.4 is 5.73 Å². The van der Waals surface area contributed by atoms with E-state index in [0.29, 0.717) is 5.56 Å². The van der Waals surface area contributed by atoms with Gasteiger partial charge in [0.15, 0.2) is 0 Å². The highest BCUT2D eigenvalue weighted by Gasteiger charge is 2.20. The van der Waals surface area contributed by atoms with E-state index in [1.165, 1.54) is 7.11 Å². The second kappa shape index (κ2) is 4.69. The lowest BCUT2D eigenvalue weighted by Gasteiger charge is -2.11. The Hall–Kier alpha value is -1.65. The number of para-hydroxylation sites is 1. The second-order valence-electron chi connectivity index (χ2n) is 3.56. The molecule has 0 aliphatic rings. The molecular weight excluding hydrogens is 240 g/mol. The Labute approximate surface area is 103 Å². The maximum absolute atomic E-state index is 11.4. The van der Waals surface area contributed by atoms with E-state index < -0.39 is 12.0 Å². The number of pyridine rings is 1. The number of rotatable bonds is 2. The molecule has 0 saturated heterocycles. The fraction of sp³-hybridized carbons (Fsp3) is 0.167. The first-order valence-corrected chi connectivity index (χ1v) is 5.40. The van der Waals surface area contributed by atoms with Crippen LogP contribution in [0.2, 0.25) is 5.15 Å². The number of methoxy groups -OCH3 is 1. The highest BCUT2D eigenvalue weighted by Crippen LogP contribution is 2.25. The van der Waals surface area contributed by atoms with Gasteiger partial charge in [-0.1, -0.05) is 29.8 Å². The maximum Gasteiger partial charge on any atom is 0.327 e. The van der Waals surface area contributed by atoms with Crippen LogP contribution in [0.15, 0.2) is 30.3 Å². The molecule has 0 unspecified atom stereocenters. The summed E-state index contributed by atoms with van der Waals surface area (Å²) < 4.78 is 4.58. The summed E-state index contributed by atoms with van der Waals surface area (Å²) in [5.41, 5.74) is 6.97. The van der Waals surface area contributed by atoms with Crippen LogP contribution in [0.3, 0.4) is 0 Å². The lowest BCUT2D eigenvalue weighted by atomic mass is 10.1. The van der Waals surface area contributed by atoms with Gasteiger partial charge in [-0.2, -0.15) is 0 Å². The summed E-state index contributed by atoms with van der Waals surface area (Å²) in [5, 5.41) is 1.10. The van der Waals surface area contributed by atoms with Crippen LogP contribution in [0.5, 0.6) is 0 Å². The van der Waals surface area contributed by atoms with Gasteiger partial charge in [-0.05, 0) is 12.1 Å². The topological polar surface area (TPSA) is 65.2 Å². The average Bonchev–Trinajstić information content (AvgIpc) is 2.36. The van der Waals surface area contributed by atoms with Gasteiger partial charge in [-0.3, -0.25) is 4.79 Å². The molecule has 2 N–H and O–H groups in total. The molecule has 5 heteroatoms. The molecule has 0 aliphatic heterocycles. The van der Waals surface area contributed by atoms with Crippen LogP contribution in [0.1, 0.15) is 11.6 Å². The smallest absolute Gasteiger partial charge is 0.327 e. The third kappa shape index (κ3) is 2.23. The molecule has 1 heterocycles. The van der Waals surface area contributed by atoms with Crippen LogP contribution >= 0.6 is 11.6 Å². The van der Waals surface area contributed by atoms with Gasteiger partial charge in [0.2, 0.25) is 0 Å². The SMILES string of the molecule is COC(=O)[C@@H](N)c1cc2ccccc2nc1Cl. The molecule has 1 aromatic carbocycles. The molecule has 1 atom stereocenters. The third-order valence-electron chi connectivity index (χ3n) is 2.49. The first-order chi connectivity index (χ1) is 8.13. The van der Waals surface area contributed by atoms with Crippen molar-refractivity contribution in [2.24, 2.45) is 5.73 Å². The Kier molecular flexibility index (Phi) is 3.26. The number of nitrogens with zero attached hydrogens (tertiary/aromatic N) is 1. The van der Waals surface area contributed by atoms with Crippen LogP contribution in [-0.2, 0) is 9.53 Å². The monoisotopic (exact) mass is 250 g/mol. The van der Waals surface area contributed by atoms with Crippen molar-refractivity contribution in [1.82, 2.24) is 4.98 Å². The Morgan fingerprint density at radius 1 is 1.47 bits per heavy atom. The number of ether oxygens (including phenoxy) is 1. The van der Waals surface area contributed by atoms with E-state index >= 15 is 0 Å². The maximum atomic E-state index is 11.4. The highest BCUT2D eigenvalue weighted by molar-refractivity contribution is 6.30. The molecule has 2 aromatic rings. The van der Waals surface area contributed by atoms with Gasteiger partial charge in [0.05, 0.1) is 12.6 Å². The predicted octanol–water partition coefficient (Wildman–Crippen LogP) is 2.06. The van der Waals surface area contributed by atoms with Crippen LogP contribution in [-0.4, -0.2) is 18.1 Å². The van der Waals surface area contributed by atoms with Crippen LogP contribution in [0, 0.1) is 0 Å². The van der Waals surface area contributed by atoms with E-state index in [1.807, 2.05) is 24.3 Å². The molecule has 0 fully saturated rings. The van der Waals surface area contributed by atoms with Crippen molar-refractivity contribution in [1.29, 1.82) is 0 Å². The zero-order valence-electron chi connectivity index (χ0n) is 9.18. The molecule has 4 nitrogen and oxygen atoms in total. The first kappa shape index (κ1) is 11.8. The van der Waals surface area contributed by atoms with Gasteiger partial charge in [-0.15, -0.1) is 0 Å². The van der Waals surface area contributed by atoms with E-state index in [-0.39, 0.29) is 5.15 Å². The number of carbonyl (C=O) groups excluding carboxylic acids is 1. The molecule has 0 amide bonds. The number of hydrogen-bond donors (Lipinski definition) is 1. The molecule has 2 rings (SSSR count). The lowest BCUT2D eigenvalue weighted by Crippen LogP contribution is -2.23. The predicted molar refractivity (Wildman–Crippen MR) is 65.7 cm³/mol. The summed E-state index contributed by atoms with van der Waals surface area (Å²) in [6.07, 6.45) is 0. The molecule has 0 bridgehead atoms. The van der Waals surface area contributed by atoms with E-state index in [0.717, 1.165) is 10.9 Å². The molecular formula is C12H11ClN2O2. The van der Waals surface area contributed by atoms with E-state index in [2.05, 4.69) is 9.72 Å². The fourth-order valence-corrected chi connectivity index (χ4v) is 1.84. The van der Waals surface area contributed by atoms with E-state index in [1.54, 1.807) is 6.07 Å². The van der Waals surface area contributed by atoms with Gasteiger partial charge < -0.3 is 10.5 Å². The summed E-state index contributed by atoms with van der Waals surface area (Å²) >= 11 is 6.00. The Morgan fingerprint density at radius 3 is 2.88 bits per heavy atom. The average molecular weight is 251 g/mol. The van der Waals surface area contributed by atoms with E-state index in [4.69, 9.17) is 17.3 Å². The summed E-state index contributed by atoms with van der Waals surface area (Å²) in [7, 11) is 1.28. The number of hydrogen-bond acceptors (Lipinski definition) is 4. The zero-order chi connectivity index (χ0) is 12.4. The van der Waals surface area contributed by atoms with Gasteiger partial charge in [-0.25, -0.2) is 4.98 Å². The Balaban J connectivity index is 2.54. The van der Waals surface area contributed by atoms with Gasteiger partial charge >= 0.3 is 5.97 Å². The van der Waals surface area contributed by atoms with E-state index in [9.17, 15) is 4.79 Å². The summed E-state index contributed by atoms with van der Waals surface area (Å²) in [6, 6.07) is 8.31. The number of fused-ring (bicyclic) bond motifs is 1. The summed E-state index contributed by atoms with van der Waals surface area (Å²) in [6.45, 7) is 0. The number of halogens is 1. The number of benzene rings is 1. The van der Waals surface area contributed by atoms with Crippen molar-refractivity contribution in [3.8, 4) is 0 Å². The Bertz CT molecular complexity index is 571. The third-order valence-corrected chi connectivity index (χ3v) is 2.80. The number of aromatic nitrogens is 1. The second-order valence-corrected chi connectivity index (χ2v) is 3.92. The molecule has 0 aliphatic carbocycles. The van der Waals surface area contributed by atoms with Crippen LogP contribution in [0.4, 0.5) is 0 Å². The van der Waals surface area contributed by atoms with Gasteiger partial charge in [0.1, 0.15) is 11.2 Å². The number of carbonyl (C=O) groups is 1. The van der Waals surface area contributed by atoms with Crippen molar-refractivity contribution in [3.63, 3.8) is 0 Å². The van der Waals surface area contributed by atoms with Crippen molar-refractivity contribution in [2.45, 2.75) is 6.04 Å². The number of esters is 1. The van der Waals surface area contributed by atoms with Crippen molar-refractivity contribution < 1.29 is 9.53 Å². The van der Waals surface area contributed by atoms with Crippen LogP contribution in [0.25, 0.3) is 10.9 Å². The summed E-state index contributed by atoms with van der Waals surface area (Å²) in [4.78, 5) is 15.6. The fourth-order valence-electron chi connectivity index (χ4n) is 1.58. The highest BCUT2D eigenvalue weighted by atomic mass is 35.5. The van der Waals surface area contributed by atoms with Crippen molar-refractivity contribution in [3.05, 3.63) is 41.0 Å². The normalized spacial score (nSPS) is 12.4. The minimum absolute atomic E-state index is 0.224. The lowest BCUT2D eigenvalue weighted by molar-refractivity contribution is -0.142. The summed E-state index contributed by atoms with van der Waals surface area (Å²) in [5.74, 6) is -0.538. The van der Waals surface area contributed by atoms with Crippen molar-refractivity contribution in [2.75, 3.05) is 7.11 Å². The van der Waals surface area contributed by atoms with Gasteiger partial charge in [0.25, 0.3) is 0 Å². The largest absolute Gasteiger partial charge is 0.468 e. The van der Waals surface area contributed by atoms with Crippen molar-refractivity contribution >= 4 is 28.5 Å². The quantitative estimate of drug-likeness (QED) is 0.655. The first-order valence-electron chi connectivity index (χ1n) is 5.02. The molecule has 0 saturated carbocycles. The minimum Gasteiger partial charge on any atom is -0.468 e. The molecule has 88 valence electrons.